The van der Waals surface area contributed by atoms with Crippen LogP contribution >= 0.6 is 0 Å². The van der Waals surface area contributed by atoms with Crippen molar-refractivity contribution < 1.29 is 32.9 Å². The third-order valence-corrected chi connectivity index (χ3v) is 13.8. The van der Waals surface area contributed by atoms with Crippen LogP contribution in [0.3, 0.4) is 0 Å². The summed E-state index contributed by atoms with van der Waals surface area (Å²) in [7, 11) is 14.6. The smallest absolute Gasteiger partial charge is 0.310 e. The summed E-state index contributed by atoms with van der Waals surface area (Å²) in [6.07, 6.45) is 9.79. The maximum atomic E-state index is 14.6. The van der Waals surface area contributed by atoms with Crippen LogP contribution in [-0.4, -0.2) is 128 Å². The summed E-state index contributed by atoms with van der Waals surface area (Å²) in [5.41, 5.74) is 9.10. The van der Waals surface area contributed by atoms with Gasteiger partial charge >= 0.3 is 5.97 Å². The lowest BCUT2D eigenvalue weighted by molar-refractivity contribution is -0.870. The third kappa shape index (κ3) is 13.4. The van der Waals surface area contributed by atoms with Crippen LogP contribution in [0, 0.1) is 13.8 Å². The Kier molecular flexibility index (Phi) is 18.0. The zero-order valence-corrected chi connectivity index (χ0v) is 42.7. The van der Waals surface area contributed by atoms with E-state index < -0.39 is 5.97 Å². The Morgan fingerprint density at radius 2 is 1.21 bits per heavy atom. The highest BCUT2D eigenvalue weighted by Crippen LogP contribution is 2.44. The van der Waals surface area contributed by atoms with Crippen LogP contribution in [0.15, 0.2) is 18.2 Å². The predicted molar refractivity (Wildman–Crippen MR) is 266 cm³/mol. The molecule has 362 valence electrons. The first kappa shape index (κ1) is 52.1. The van der Waals surface area contributed by atoms with E-state index in [1.165, 1.54) is 7.11 Å². The SMILES string of the molecule is CC[C@H]1c2cc3[nH]c(c(CC(=O)OC)c4nc(cc5[nH]c(cc(n2)[C@@H]1C)c(C(C)=O)c5C)[C@@H](C)[C@@H]4CCC(=O)NCCCCCC[N+](C)(C)C)c(C(=O)NCCCCCC[N+](C)(C)C)c3C. The Labute approximate surface area is 394 Å². The summed E-state index contributed by atoms with van der Waals surface area (Å²) in [6.45, 7) is 15.3. The second kappa shape index (κ2) is 22.7. The molecule has 0 spiro atoms. The molecule has 2 aliphatic heterocycles. The van der Waals surface area contributed by atoms with Crippen LogP contribution in [0.25, 0.3) is 22.1 Å². The molecule has 2 amide bonds. The zero-order chi connectivity index (χ0) is 48.5. The Morgan fingerprint density at radius 1 is 0.682 bits per heavy atom. The first-order valence-electron chi connectivity index (χ1n) is 24.6. The summed E-state index contributed by atoms with van der Waals surface area (Å²) < 4.78 is 7.22. The van der Waals surface area contributed by atoms with Gasteiger partial charge in [-0.1, -0.05) is 33.6 Å². The number of methoxy groups -OCH3 is 1. The van der Waals surface area contributed by atoms with Crippen molar-refractivity contribution in [3.63, 3.8) is 0 Å². The minimum atomic E-state index is -0.464. The number of amides is 2. The number of rotatable bonds is 22. The number of ether oxygens (including phenoxy) is 1. The number of aryl methyl sites for hydroxylation is 2. The molecular weight excluding hydrogens is 829 g/mol. The van der Waals surface area contributed by atoms with E-state index in [-0.39, 0.29) is 54.1 Å². The molecule has 13 nitrogen and oxygen atoms in total. The molecule has 66 heavy (non-hydrogen) atoms. The van der Waals surface area contributed by atoms with Gasteiger partial charge in [0, 0.05) is 82.4 Å². The Balaban J connectivity index is 1.66. The number of H-pyrrole nitrogens is 2. The van der Waals surface area contributed by atoms with Gasteiger partial charge in [-0.05, 0) is 101 Å². The molecule has 13 heteroatoms. The van der Waals surface area contributed by atoms with Crippen molar-refractivity contribution in [1.82, 2.24) is 30.6 Å². The highest BCUT2D eigenvalue weighted by atomic mass is 16.5. The number of hydrogen-bond acceptors (Lipinski definition) is 7. The maximum Gasteiger partial charge on any atom is 0.310 e. The molecule has 0 radical (unpaired) electrons. The number of ketones is 1. The van der Waals surface area contributed by atoms with Crippen LogP contribution in [0.1, 0.15) is 182 Å². The van der Waals surface area contributed by atoms with Crippen LogP contribution in [0.5, 0.6) is 0 Å². The van der Waals surface area contributed by atoms with Crippen LogP contribution in [0.4, 0.5) is 0 Å². The van der Waals surface area contributed by atoms with Gasteiger partial charge in [-0.15, -0.1) is 0 Å². The summed E-state index contributed by atoms with van der Waals surface area (Å²) >= 11 is 0. The molecule has 0 saturated heterocycles. The number of nitrogens with zero attached hydrogens (tertiary/aromatic N) is 4. The number of hydrogen-bond donors (Lipinski definition) is 4. The van der Waals surface area contributed by atoms with Crippen molar-refractivity contribution in [3.05, 3.63) is 68.8 Å². The molecule has 2 aliphatic rings. The molecule has 5 heterocycles. The molecule has 0 saturated carbocycles. The molecule has 3 aromatic heterocycles. The van der Waals surface area contributed by atoms with Crippen LogP contribution in [-0.2, 0) is 20.7 Å². The van der Waals surface area contributed by atoms with Gasteiger partial charge in [-0.3, -0.25) is 29.1 Å². The van der Waals surface area contributed by atoms with Gasteiger partial charge in [0.15, 0.2) is 5.78 Å². The highest BCUT2D eigenvalue weighted by Gasteiger charge is 2.34. The largest absolute Gasteiger partial charge is 0.469 e. The number of esters is 1. The number of Topliss-reactive ketones (excluding diaryl/α,β-unsaturated/α-hetero) is 1. The lowest BCUT2D eigenvalue weighted by atomic mass is 9.85. The van der Waals surface area contributed by atoms with Crippen molar-refractivity contribution in [2.24, 2.45) is 0 Å². The fourth-order valence-corrected chi connectivity index (χ4v) is 9.87. The van der Waals surface area contributed by atoms with Gasteiger partial charge in [-0.2, -0.15) is 0 Å². The predicted octanol–water partition coefficient (Wildman–Crippen LogP) is 9.19. The van der Waals surface area contributed by atoms with E-state index in [4.69, 9.17) is 14.7 Å². The summed E-state index contributed by atoms with van der Waals surface area (Å²) in [4.78, 5) is 72.8. The van der Waals surface area contributed by atoms with E-state index in [1.807, 2.05) is 32.0 Å². The molecule has 5 rings (SSSR count). The number of aromatic nitrogens is 4. The number of carbonyl (C=O) groups excluding carboxylic acids is 4. The van der Waals surface area contributed by atoms with Crippen molar-refractivity contribution in [3.8, 4) is 0 Å². The highest BCUT2D eigenvalue weighted by molar-refractivity contribution is 6.06. The maximum absolute atomic E-state index is 14.6. The topological polar surface area (TPSA) is 159 Å². The molecule has 4 atom stereocenters. The summed E-state index contributed by atoms with van der Waals surface area (Å²) in [5, 5.41) is 6.38. The number of unbranched alkanes of at least 4 members (excludes halogenated alkanes) is 6. The Hall–Kier alpha value is -4.88. The second-order valence-corrected chi connectivity index (χ2v) is 21.2. The lowest BCUT2D eigenvalue weighted by Crippen LogP contribution is -2.35. The van der Waals surface area contributed by atoms with E-state index >= 15 is 0 Å². The monoisotopic (exact) mass is 911 g/mol. The number of aromatic amines is 2. The standard InChI is InChI=1S/C53H80N8O5/c1-14-38-33(2)41-32-46-49(37(6)62)35(4)43(57-46)30-42-34(3)39(23-24-47(63)54-25-19-15-17-21-27-60(7,8)9)51(58-42)40(29-48(64)66-13)52-50(36(5)44(59-52)31-45(38)56-41)53(65)55-26-20-16-18-22-28-61(10,11)12/h30-34,38-39H,14-29H2,1-13H3,(H2-2,54,55,56,57,58,59,62,63,65)/p+2/t33-,34+,38-,39+/m1/s1. The van der Waals surface area contributed by atoms with E-state index in [0.29, 0.717) is 52.9 Å². The quantitative estimate of drug-likeness (QED) is 0.0339. The fraction of sp³-hybridized carbons (Fsp3) is 0.623. The van der Waals surface area contributed by atoms with E-state index in [0.717, 1.165) is 119 Å². The third-order valence-electron chi connectivity index (χ3n) is 13.8. The van der Waals surface area contributed by atoms with Gasteiger partial charge < -0.3 is 34.3 Å². The first-order valence-corrected chi connectivity index (χ1v) is 24.6. The van der Waals surface area contributed by atoms with Crippen molar-refractivity contribution in [1.29, 1.82) is 0 Å². The molecule has 0 fully saturated rings. The van der Waals surface area contributed by atoms with Crippen LogP contribution < -0.4 is 10.6 Å². The van der Waals surface area contributed by atoms with Crippen molar-refractivity contribution in [2.75, 3.05) is 75.6 Å². The molecule has 3 aromatic rings. The van der Waals surface area contributed by atoms with E-state index in [9.17, 15) is 19.2 Å². The number of nitrogens with one attached hydrogen (secondary N) is 4. The van der Waals surface area contributed by atoms with E-state index in [1.54, 1.807) is 6.92 Å². The van der Waals surface area contributed by atoms with Crippen molar-refractivity contribution in [2.45, 2.75) is 142 Å². The normalized spacial score (nSPS) is 17.5. The summed E-state index contributed by atoms with van der Waals surface area (Å²) in [6, 6.07) is 6.06. The second-order valence-electron chi connectivity index (χ2n) is 21.2. The minimum Gasteiger partial charge on any atom is -0.469 e. The van der Waals surface area contributed by atoms with Gasteiger partial charge in [-0.25, -0.2) is 0 Å². The molecule has 8 bridgehead atoms. The number of carbonyl (C=O) groups is 4. The average molecular weight is 911 g/mol. The average Bonchev–Trinajstić information content (AvgIpc) is 3.93. The van der Waals surface area contributed by atoms with Crippen LogP contribution in [0.2, 0.25) is 0 Å². The molecule has 0 aromatic carbocycles. The minimum absolute atomic E-state index is 0.0251. The molecule has 0 aliphatic carbocycles. The number of quaternary nitrogens is 2. The van der Waals surface area contributed by atoms with Gasteiger partial charge in [0.2, 0.25) is 5.91 Å². The summed E-state index contributed by atoms with van der Waals surface area (Å²) in [5.74, 6) is -1.04. The van der Waals surface area contributed by atoms with Gasteiger partial charge in [0.25, 0.3) is 5.91 Å². The molecular formula is C53H82N8O5+2. The Morgan fingerprint density at radius 3 is 1.80 bits per heavy atom. The zero-order valence-electron chi connectivity index (χ0n) is 42.7. The Bertz CT molecular complexity index is 2380. The molecule has 0 unspecified atom stereocenters. The van der Waals surface area contributed by atoms with Gasteiger partial charge in [0.05, 0.1) is 91.2 Å². The lowest BCUT2D eigenvalue weighted by Gasteiger charge is -2.23. The fourth-order valence-electron chi connectivity index (χ4n) is 9.87. The molecule has 4 N–H and O–H groups in total. The van der Waals surface area contributed by atoms with Gasteiger partial charge in [0.1, 0.15) is 0 Å². The van der Waals surface area contributed by atoms with E-state index in [2.05, 4.69) is 83.7 Å². The first-order chi connectivity index (χ1) is 31.1. The number of fused-ring (bicyclic) bond motifs is 8. The van der Waals surface area contributed by atoms with Crippen molar-refractivity contribution >= 4 is 45.6 Å².